The van der Waals surface area contributed by atoms with Gasteiger partial charge in [-0.1, -0.05) is 32.9 Å². The molecular formula is C17H24IN. The second kappa shape index (κ2) is 4.73. The van der Waals surface area contributed by atoms with Gasteiger partial charge in [-0.2, -0.15) is 0 Å². The molecule has 3 atom stereocenters. The van der Waals surface area contributed by atoms with E-state index >= 15 is 0 Å². The van der Waals surface area contributed by atoms with Crippen LogP contribution in [0.1, 0.15) is 45.6 Å². The van der Waals surface area contributed by atoms with Gasteiger partial charge in [0.25, 0.3) is 0 Å². The van der Waals surface area contributed by atoms with Gasteiger partial charge in [0.15, 0.2) is 0 Å². The summed E-state index contributed by atoms with van der Waals surface area (Å²) >= 11 is 2.36. The second-order valence-electron chi connectivity index (χ2n) is 7.17. The van der Waals surface area contributed by atoms with E-state index in [9.17, 15) is 0 Å². The van der Waals surface area contributed by atoms with Gasteiger partial charge in [-0.15, -0.1) is 0 Å². The first-order valence-corrected chi connectivity index (χ1v) is 8.49. The van der Waals surface area contributed by atoms with E-state index in [2.05, 4.69) is 72.9 Å². The molecule has 3 rings (SSSR count). The molecular weight excluding hydrogens is 345 g/mol. The summed E-state index contributed by atoms with van der Waals surface area (Å²) in [6, 6.07) is 9.58. The van der Waals surface area contributed by atoms with Gasteiger partial charge >= 0.3 is 0 Å². The molecule has 2 fully saturated rings. The van der Waals surface area contributed by atoms with Gasteiger partial charge in [-0.3, -0.25) is 0 Å². The van der Waals surface area contributed by atoms with Crippen LogP contribution in [0.15, 0.2) is 24.3 Å². The number of hydrogen-bond acceptors (Lipinski definition) is 1. The average Bonchev–Trinajstić information content (AvgIpc) is 2.71. The molecule has 104 valence electrons. The van der Waals surface area contributed by atoms with E-state index in [1.54, 1.807) is 0 Å². The van der Waals surface area contributed by atoms with E-state index in [0.29, 0.717) is 16.9 Å². The van der Waals surface area contributed by atoms with Crippen LogP contribution in [0.25, 0.3) is 0 Å². The molecule has 19 heavy (non-hydrogen) atoms. The summed E-state index contributed by atoms with van der Waals surface area (Å²) < 4.78 is 1.31. The summed E-state index contributed by atoms with van der Waals surface area (Å²) in [5.74, 6) is 0.923. The maximum atomic E-state index is 3.84. The third-order valence-electron chi connectivity index (χ3n) is 6.26. The average molecular weight is 369 g/mol. The van der Waals surface area contributed by atoms with Crippen molar-refractivity contribution < 1.29 is 0 Å². The first-order chi connectivity index (χ1) is 8.93. The molecule has 2 aliphatic rings. The van der Waals surface area contributed by atoms with Crippen molar-refractivity contribution in [3.05, 3.63) is 33.4 Å². The van der Waals surface area contributed by atoms with Gasteiger partial charge in [-0.25, -0.2) is 0 Å². The Kier molecular flexibility index (Phi) is 3.45. The lowest BCUT2D eigenvalue weighted by molar-refractivity contribution is 0.120. The van der Waals surface area contributed by atoms with Crippen LogP contribution < -0.4 is 5.32 Å². The van der Waals surface area contributed by atoms with Crippen molar-refractivity contribution in [3.8, 4) is 0 Å². The van der Waals surface area contributed by atoms with Gasteiger partial charge in [0.1, 0.15) is 0 Å². The van der Waals surface area contributed by atoms with Crippen LogP contribution in [0.4, 0.5) is 0 Å². The van der Waals surface area contributed by atoms with Gasteiger partial charge < -0.3 is 5.32 Å². The Labute approximate surface area is 130 Å². The fourth-order valence-corrected chi connectivity index (χ4v) is 4.72. The van der Waals surface area contributed by atoms with Crippen molar-refractivity contribution in [2.45, 2.75) is 52.6 Å². The van der Waals surface area contributed by atoms with Crippen LogP contribution >= 0.6 is 22.6 Å². The second-order valence-corrected chi connectivity index (χ2v) is 8.42. The van der Waals surface area contributed by atoms with Crippen LogP contribution in [-0.4, -0.2) is 6.04 Å². The van der Waals surface area contributed by atoms with E-state index in [0.717, 1.165) is 12.5 Å². The molecule has 2 saturated carbocycles. The molecule has 0 aromatic heterocycles. The highest BCUT2D eigenvalue weighted by atomic mass is 127. The minimum absolute atomic E-state index is 0.487. The minimum atomic E-state index is 0.487. The summed E-state index contributed by atoms with van der Waals surface area (Å²) in [6.07, 6.45) is 4.20. The zero-order chi connectivity index (χ0) is 13.7. The van der Waals surface area contributed by atoms with E-state index in [4.69, 9.17) is 0 Å². The lowest BCUT2D eigenvalue weighted by Crippen LogP contribution is -2.44. The fourth-order valence-electron chi connectivity index (χ4n) is 4.36. The van der Waals surface area contributed by atoms with Gasteiger partial charge in [0.2, 0.25) is 0 Å². The molecule has 1 aromatic rings. The molecule has 0 unspecified atom stereocenters. The quantitative estimate of drug-likeness (QED) is 0.769. The Morgan fingerprint density at radius 2 is 1.89 bits per heavy atom. The predicted molar refractivity (Wildman–Crippen MR) is 89.0 cm³/mol. The van der Waals surface area contributed by atoms with Crippen LogP contribution in [0.2, 0.25) is 0 Å². The van der Waals surface area contributed by atoms with E-state index in [-0.39, 0.29) is 0 Å². The Balaban J connectivity index is 1.67. The Morgan fingerprint density at radius 3 is 2.42 bits per heavy atom. The van der Waals surface area contributed by atoms with Crippen LogP contribution in [0, 0.1) is 20.3 Å². The standard InChI is InChI=1S/C17H24IN/c1-16(2)13-8-9-17(16,3)15(10-13)19-11-12-4-6-14(18)7-5-12/h4-7,13,15,19H,8-11H2,1-3H3/t13-,15+,17+/m0/s1. The molecule has 0 spiro atoms. The zero-order valence-electron chi connectivity index (χ0n) is 12.2. The molecule has 1 N–H and O–H groups in total. The van der Waals surface area contributed by atoms with Crippen molar-refractivity contribution in [1.82, 2.24) is 5.32 Å². The van der Waals surface area contributed by atoms with Crippen molar-refractivity contribution >= 4 is 22.6 Å². The van der Waals surface area contributed by atoms with E-state index in [1.807, 2.05) is 0 Å². The monoisotopic (exact) mass is 369 g/mol. The number of fused-ring (bicyclic) bond motifs is 2. The van der Waals surface area contributed by atoms with Crippen molar-refractivity contribution in [2.24, 2.45) is 16.7 Å². The molecule has 0 saturated heterocycles. The largest absolute Gasteiger partial charge is 0.309 e. The van der Waals surface area contributed by atoms with Crippen molar-refractivity contribution in [3.63, 3.8) is 0 Å². The Bertz CT molecular complexity index is 465. The first kappa shape index (κ1) is 13.9. The normalized spacial score (nSPS) is 35.8. The van der Waals surface area contributed by atoms with Crippen LogP contribution in [0.5, 0.6) is 0 Å². The Morgan fingerprint density at radius 1 is 1.21 bits per heavy atom. The van der Waals surface area contributed by atoms with Crippen LogP contribution in [-0.2, 0) is 6.54 Å². The molecule has 1 aromatic carbocycles. The van der Waals surface area contributed by atoms with Crippen molar-refractivity contribution in [1.29, 1.82) is 0 Å². The number of rotatable bonds is 3. The summed E-state index contributed by atoms with van der Waals surface area (Å²) in [4.78, 5) is 0. The highest BCUT2D eigenvalue weighted by Crippen LogP contribution is 2.65. The number of halogens is 1. The molecule has 2 heteroatoms. The number of nitrogens with one attached hydrogen (secondary N) is 1. The zero-order valence-corrected chi connectivity index (χ0v) is 14.3. The smallest absolute Gasteiger partial charge is 0.0208 e. The van der Waals surface area contributed by atoms with E-state index in [1.165, 1.54) is 28.4 Å². The Hall–Kier alpha value is -0.0900. The molecule has 0 amide bonds. The fraction of sp³-hybridized carbons (Fsp3) is 0.647. The first-order valence-electron chi connectivity index (χ1n) is 7.41. The molecule has 0 radical (unpaired) electrons. The van der Waals surface area contributed by atoms with Gasteiger partial charge in [0, 0.05) is 16.2 Å². The van der Waals surface area contributed by atoms with Gasteiger partial charge in [0.05, 0.1) is 0 Å². The minimum Gasteiger partial charge on any atom is -0.309 e. The van der Waals surface area contributed by atoms with E-state index < -0.39 is 0 Å². The van der Waals surface area contributed by atoms with Crippen LogP contribution in [0.3, 0.4) is 0 Å². The summed E-state index contributed by atoms with van der Waals surface area (Å²) in [5.41, 5.74) is 2.40. The highest BCUT2D eigenvalue weighted by molar-refractivity contribution is 14.1. The third kappa shape index (κ3) is 2.15. The number of hydrogen-bond donors (Lipinski definition) is 1. The summed E-state index contributed by atoms with van der Waals surface area (Å²) in [7, 11) is 0. The third-order valence-corrected chi connectivity index (χ3v) is 6.98. The predicted octanol–water partition coefficient (Wildman–Crippen LogP) is 4.60. The maximum Gasteiger partial charge on any atom is 0.0208 e. The number of benzene rings is 1. The maximum absolute atomic E-state index is 3.84. The summed E-state index contributed by atoms with van der Waals surface area (Å²) in [5, 5.41) is 3.84. The lowest BCUT2D eigenvalue weighted by Gasteiger charge is -2.39. The van der Waals surface area contributed by atoms with Crippen molar-refractivity contribution in [2.75, 3.05) is 0 Å². The molecule has 0 heterocycles. The van der Waals surface area contributed by atoms with Gasteiger partial charge in [-0.05, 0) is 76.3 Å². The molecule has 2 aliphatic carbocycles. The molecule has 1 nitrogen and oxygen atoms in total. The molecule has 2 bridgehead atoms. The molecule has 0 aliphatic heterocycles. The highest BCUT2D eigenvalue weighted by Gasteiger charge is 2.60. The topological polar surface area (TPSA) is 12.0 Å². The summed E-state index contributed by atoms with van der Waals surface area (Å²) in [6.45, 7) is 8.49. The SMILES string of the molecule is CC1(C)[C@H]2CC[C@]1(C)[C@H](NCc1ccc(I)cc1)C2. The lowest BCUT2D eigenvalue weighted by atomic mass is 9.69.